The number of hydrogen-bond acceptors (Lipinski definition) is 2. The quantitative estimate of drug-likeness (QED) is 0.862. The highest BCUT2D eigenvalue weighted by atomic mass is 16.2. The first-order valence-electron chi connectivity index (χ1n) is 10.1. The van der Waals surface area contributed by atoms with Crippen LogP contribution in [-0.4, -0.2) is 53.6 Å². The first-order chi connectivity index (χ1) is 11.3. The summed E-state index contributed by atoms with van der Waals surface area (Å²) in [6, 6.07) is 1.91. The minimum absolute atomic E-state index is 0.250. The first kappa shape index (κ1) is 15.7. The van der Waals surface area contributed by atoms with Crippen LogP contribution in [0.4, 0.5) is 4.79 Å². The molecule has 4 nitrogen and oxygen atoms in total. The van der Waals surface area contributed by atoms with Gasteiger partial charge in [0.15, 0.2) is 0 Å². The van der Waals surface area contributed by atoms with Crippen LogP contribution in [0.3, 0.4) is 0 Å². The molecule has 130 valence electrons. The molecule has 0 radical (unpaired) electrons. The molecular weight excluding hydrogens is 286 g/mol. The lowest BCUT2D eigenvalue weighted by molar-refractivity contribution is 0.133. The second kappa shape index (κ2) is 7.00. The van der Waals surface area contributed by atoms with Crippen LogP contribution in [0.2, 0.25) is 0 Å². The molecule has 0 spiro atoms. The highest BCUT2D eigenvalue weighted by molar-refractivity contribution is 5.75. The first-order valence-corrected chi connectivity index (χ1v) is 10.1. The van der Waals surface area contributed by atoms with Gasteiger partial charge in [-0.25, -0.2) is 4.79 Å². The molecule has 4 rings (SSSR count). The van der Waals surface area contributed by atoms with Crippen molar-refractivity contribution in [1.29, 1.82) is 0 Å². The predicted octanol–water partition coefficient (Wildman–Crippen LogP) is 3.37. The van der Waals surface area contributed by atoms with E-state index in [1.807, 2.05) is 0 Å². The summed E-state index contributed by atoms with van der Waals surface area (Å²) in [5.74, 6) is 0.791. The second-order valence-corrected chi connectivity index (χ2v) is 8.39. The van der Waals surface area contributed by atoms with Gasteiger partial charge in [0.2, 0.25) is 0 Å². The molecule has 2 aliphatic heterocycles. The molecule has 4 fully saturated rings. The van der Waals surface area contributed by atoms with E-state index in [2.05, 4.69) is 15.1 Å². The Labute approximate surface area is 141 Å². The number of fused-ring (bicyclic) bond motifs is 1. The Kier molecular flexibility index (Phi) is 4.79. The molecule has 23 heavy (non-hydrogen) atoms. The lowest BCUT2D eigenvalue weighted by Crippen LogP contribution is -2.53. The van der Waals surface area contributed by atoms with Gasteiger partial charge in [-0.1, -0.05) is 19.3 Å². The highest BCUT2D eigenvalue weighted by Crippen LogP contribution is 2.33. The van der Waals surface area contributed by atoms with E-state index in [4.69, 9.17) is 0 Å². The van der Waals surface area contributed by atoms with Crippen LogP contribution >= 0.6 is 0 Å². The van der Waals surface area contributed by atoms with Gasteiger partial charge in [-0.05, 0) is 63.8 Å². The van der Waals surface area contributed by atoms with Gasteiger partial charge in [-0.2, -0.15) is 0 Å². The Morgan fingerprint density at radius 3 is 2.57 bits per heavy atom. The zero-order chi connectivity index (χ0) is 15.6. The largest absolute Gasteiger partial charge is 0.335 e. The maximum absolute atomic E-state index is 13.0. The van der Waals surface area contributed by atoms with E-state index < -0.39 is 0 Å². The van der Waals surface area contributed by atoms with Crippen LogP contribution in [-0.2, 0) is 0 Å². The van der Waals surface area contributed by atoms with Gasteiger partial charge in [0, 0.05) is 31.2 Å². The Hall–Kier alpha value is -0.770. The number of hydrogen-bond donors (Lipinski definition) is 1. The summed E-state index contributed by atoms with van der Waals surface area (Å²) in [5, 5.41) is 3.42. The van der Waals surface area contributed by atoms with Crippen LogP contribution in [0.25, 0.3) is 0 Å². The van der Waals surface area contributed by atoms with E-state index in [0.29, 0.717) is 12.1 Å². The molecule has 2 saturated heterocycles. The molecule has 4 aliphatic rings. The second-order valence-electron chi connectivity index (χ2n) is 8.39. The topological polar surface area (TPSA) is 35.6 Å². The molecule has 2 amide bonds. The van der Waals surface area contributed by atoms with Crippen molar-refractivity contribution in [2.45, 2.75) is 88.8 Å². The van der Waals surface area contributed by atoms with Crippen molar-refractivity contribution >= 4 is 6.03 Å². The van der Waals surface area contributed by atoms with Gasteiger partial charge >= 0.3 is 6.03 Å². The average molecular weight is 319 g/mol. The van der Waals surface area contributed by atoms with Gasteiger partial charge in [0.1, 0.15) is 0 Å². The monoisotopic (exact) mass is 319 g/mol. The van der Waals surface area contributed by atoms with Gasteiger partial charge < -0.3 is 15.1 Å². The van der Waals surface area contributed by atoms with Crippen LogP contribution < -0.4 is 5.32 Å². The zero-order valence-electron chi connectivity index (χ0n) is 14.5. The Morgan fingerprint density at radius 1 is 0.957 bits per heavy atom. The molecule has 0 bridgehead atoms. The lowest BCUT2D eigenvalue weighted by Gasteiger charge is -2.38. The molecule has 1 N–H and O–H groups in total. The van der Waals surface area contributed by atoms with Crippen molar-refractivity contribution in [3.05, 3.63) is 0 Å². The van der Waals surface area contributed by atoms with Crippen molar-refractivity contribution in [3.63, 3.8) is 0 Å². The number of amides is 2. The normalized spacial score (nSPS) is 32.5. The molecule has 2 atom stereocenters. The summed E-state index contributed by atoms with van der Waals surface area (Å²) < 4.78 is 0. The van der Waals surface area contributed by atoms with E-state index >= 15 is 0 Å². The van der Waals surface area contributed by atoms with E-state index in [-0.39, 0.29) is 6.03 Å². The SMILES string of the molecule is O=C(N[C@@H]1CCN2CCC[C@H]2C1)N(CC1CC1)C1CCCCC1. The average Bonchev–Trinajstić information content (AvgIpc) is 3.28. The molecule has 2 saturated carbocycles. The van der Waals surface area contributed by atoms with E-state index in [1.54, 1.807) is 0 Å². The Bertz CT molecular complexity index is 417. The van der Waals surface area contributed by atoms with Gasteiger partial charge in [0.05, 0.1) is 0 Å². The van der Waals surface area contributed by atoms with E-state index in [0.717, 1.165) is 24.9 Å². The van der Waals surface area contributed by atoms with Gasteiger partial charge in [-0.3, -0.25) is 0 Å². The molecule has 2 aliphatic carbocycles. The fourth-order valence-corrected chi connectivity index (χ4v) is 4.98. The van der Waals surface area contributed by atoms with Crippen molar-refractivity contribution in [3.8, 4) is 0 Å². The van der Waals surface area contributed by atoms with Crippen LogP contribution in [0.1, 0.15) is 70.6 Å². The summed E-state index contributed by atoms with van der Waals surface area (Å²) >= 11 is 0. The van der Waals surface area contributed by atoms with Crippen molar-refractivity contribution < 1.29 is 4.79 Å². The third kappa shape index (κ3) is 3.84. The maximum Gasteiger partial charge on any atom is 0.317 e. The summed E-state index contributed by atoms with van der Waals surface area (Å²) in [7, 11) is 0. The molecular formula is C19H33N3O. The molecule has 0 aromatic rings. The number of rotatable bonds is 4. The van der Waals surface area contributed by atoms with Crippen LogP contribution in [0.15, 0.2) is 0 Å². The predicted molar refractivity (Wildman–Crippen MR) is 92.5 cm³/mol. The van der Waals surface area contributed by atoms with E-state index in [1.165, 1.54) is 77.3 Å². The molecule has 0 unspecified atom stereocenters. The van der Waals surface area contributed by atoms with Gasteiger partial charge in [0.25, 0.3) is 0 Å². The number of urea groups is 1. The zero-order valence-corrected chi connectivity index (χ0v) is 14.5. The number of piperidine rings is 1. The van der Waals surface area contributed by atoms with Gasteiger partial charge in [-0.15, -0.1) is 0 Å². The molecule has 4 heteroatoms. The summed E-state index contributed by atoms with van der Waals surface area (Å²) in [4.78, 5) is 17.8. The minimum Gasteiger partial charge on any atom is -0.335 e. The fraction of sp³-hybridized carbons (Fsp3) is 0.947. The van der Waals surface area contributed by atoms with Crippen molar-refractivity contribution in [1.82, 2.24) is 15.1 Å². The summed E-state index contributed by atoms with van der Waals surface area (Å²) in [5.41, 5.74) is 0. The van der Waals surface area contributed by atoms with Crippen LogP contribution in [0.5, 0.6) is 0 Å². The third-order valence-electron chi connectivity index (χ3n) is 6.58. The smallest absolute Gasteiger partial charge is 0.317 e. The Balaban J connectivity index is 1.34. The minimum atomic E-state index is 0.250. The number of nitrogens with zero attached hydrogens (tertiary/aromatic N) is 2. The maximum atomic E-state index is 13.0. The summed E-state index contributed by atoms with van der Waals surface area (Å²) in [6.07, 6.45) is 14.1. The van der Waals surface area contributed by atoms with Crippen LogP contribution in [0, 0.1) is 5.92 Å². The number of carbonyl (C=O) groups excluding carboxylic acids is 1. The fourth-order valence-electron chi connectivity index (χ4n) is 4.98. The molecule has 0 aromatic carbocycles. The Morgan fingerprint density at radius 2 is 1.78 bits per heavy atom. The highest BCUT2D eigenvalue weighted by Gasteiger charge is 2.35. The van der Waals surface area contributed by atoms with Crippen molar-refractivity contribution in [2.75, 3.05) is 19.6 Å². The third-order valence-corrected chi connectivity index (χ3v) is 6.58. The number of nitrogens with one attached hydrogen (secondary N) is 1. The molecule has 0 aromatic heterocycles. The van der Waals surface area contributed by atoms with Crippen molar-refractivity contribution in [2.24, 2.45) is 5.92 Å². The van der Waals surface area contributed by atoms with E-state index in [9.17, 15) is 4.79 Å². The lowest BCUT2D eigenvalue weighted by atomic mass is 9.94. The molecule has 2 heterocycles. The standard InChI is InChI=1S/C19H33N3O/c23-19(20-16-10-12-21-11-4-7-18(21)13-16)22(14-15-8-9-15)17-5-2-1-3-6-17/h15-18H,1-14H2,(H,20,23)/t16-,18+/m1/s1. The number of carbonyl (C=O) groups is 1. The summed E-state index contributed by atoms with van der Waals surface area (Å²) in [6.45, 7) is 3.47.